The van der Waals surface area contributed by atoms with Gasteiger partial charge in [-0.15, -0.1) is 11.3 Å². The maximum atomic E-state index is 13.9. The van der Waals surface area contributed by atoms with Crippen LogP contribution in [0.15, 0.2) is 69.3 Å². The highest BCUT2D eigenvalue weighted by molar-refractivity contribution is 7.10. The molecule has 2 aromatic carbocycles. The Morgan fingerprint density at radius 1 is 1.00 bits per heavy atom. The predicted octanol–water partition coefficient (Wildman–Crippen LogP) is 4.41. The second kappa shape index (κ2) is 9.11. The van der Waals surface area contributed by atoms with Crippen LogP contribution in [0, 0.1) is 0 Å². The molecule has 8 heteroatoms. The van der Waals surface area contributed by atoms with E-state index in [4.69, 9.17) is 19.2 Å². The van der Waals surface area contributed by atoms with Gasteiger partial charge in [0.2, 0.25) is 5.75 Å². The van der Waals surface area contributed by atoms with Crippen molar-refractivity contribution in [2.24, 2.45) is 4.99 Å². The molecule has 36 heavy (non-hydrogen) atoms. The molecule has 1 aliphatic heterocycles. The van der Waals surface area contributed by atoms with E-state index in [1.54, 1.807) is 32.7 Å². The third-order valence-corrected chi connectivity index (χ3v) is 8.58. The summed E-state index contributed by atoms with van der Waals surface area (Å²) in [4.78, 5) is 20.8. The number of hydrogen-bond acceptors (Lipinski definition) is 7. The molecule has 0 amide bonds. The molecule has 0 bridgehead atoms. The number of rotatable bonds is 5. The minimum atomic E-state index is -0.147. The van der Waals surface area contributed by atoms with E-state index in [-0.39, 0.29) is 11.6 Å². The molecule has 0 saturated carbocycles. The molecule has 4 aromatic rings. The van der Waals surface area contributed by atoms with Crippen molar-refractivity contribution in [3.05, 3.63) is 101 Å². The molecule has 0 N–H and O–H groups in total. The Morgan fingerprint density at radius 3 is 2.47 bits per heavy atom. The smallest absolute Gasteiger partial charge is 0.271 e. The summed E-state index contributed by atoms with van der Waals surface area (Å²) in [6, 6.07) is 16.2. The van der Waals surface area contributed by atoms with E-state index < -0.39 is 0 Å². The first-order chi connectivity index (χ1) is 17.6. The lowest BCUT2D eigenvalue weighted by Crippen LogP contribution is -2.38. The molecular formula is C28H24N2O4S2. The van der Waals surface area contributed by atoms with Gasteiger partial charge in [0.25, 0.3) is 5.56 Å². The lowest BCUT2D eigenvalue weighted by Gasteiger charge is -2.30. The first-order valence-electron chi connectivity index (χ1n) is 11.6. The fraction of sp³-hybridized carbons (Fsp3) is 0.214. The highest BCUT2D eigenvalue weighted by Gasteiger charge is 2.33. The summed E-state index contributed by atoms with van der Waals surface area (Å²) in [5.41, 5.74) is 5.44. The zero-order chi connectivity index (χ0) is 24.8. The van der Waals surface area contributed by atoms with Crippen LogP contribution in [0.25, 0.3) is 11.8 Å². The summed E-state index contributed by atoms with van der Waals surface area (Å²) >= 11 is 3.09. The van der Waals surface area contributed by atoms with E-state index in [9.17, 15) is 4.79 Å². The molecule has 3 heterocycles. The molecule has 0 fully saturated rings. The molecule has 182 valence electrons. The molecular weight excluding hydrogens is 492 g/mol. The van der Waals surface area contributed by atoms with Crippen molar-refractivity contribution in [3.8, 4) is 17.2 Å². The van der Waals surface area contributed by atoms with Crippen LogP contribution in [0.1, 0.15) is 34.0 Å². The van der Waals surface area contributed by atoms with E-state index in [2.05, 4.69) is 35.7 Å². The summed E-state index contributed by atoms with van der Waals surface area (Å²) in [5.74, 6) is 1.60. The van der Waals surface area contributed by atoms with Crippen molar-refractivity contribution in [3.63, 3.8) is 0 Å². The third kappa shape index (κ3) is 3.60. The maximum Gasteiger partial charge on any atom is 0.271 e. The number of thiophene rings is 1. The highest BCUT2D eigenvalue weighted by atomic mass is 32.1. The van der Waals surface area contributed by atoms with Gasteiger partial charge in [0, 0.05) is 10.4 Å². The minimum absolute atomic E-state index is 0.0451. The van der Waals surface area contributed by atoms with Crippen LogP contribution in [-0.2, 0) is 6.42 Å². The van der Waals surface area contributed by atoms with Gasteiger partial charge in [0.1, 0.15) is 0 Å². The van der Waals surface area contributed by atoms with E-state index in [0.29, 0.717) is 26.6 Å². The van der Waals surface area contributed by atoms with Gasteiger partial charge in [-0.3, -0.25) is 9.36 Å². The van der Waals surface area contributed by atoms with Gasteiger partial charge >= 0.3 is 0 Å². The number of methoxy groups -OCH3 is 3. The molecule has 0 unspecified atom stereocenters. The molecule has 2 aliphatic rings. The number of benzene rings is 2. The Morgan fingerprint density at radius 2 is 1.78 bits per heavy atom. The van der Waals surface area contributed by atoms with Crippen LogP contribution in [0.3, 0.4) is 0 Å². The zero-order valence-electron chi connectivity index (χ0n) is 20.1. The van der Waals surface area contributed by atoms with Gasteiger partial charge in [-0.05, 0) is 59.2 Å². The van der Waals surface area contributed by atoms with Crippen LogP contribution >= 0.6 is 22.7 Å². The number of allylic oxidation sites excluding steroid dienone is 1. The van der Waals surface area contributed by atoms with Crippen LogP contribution < -0.4 is 29.1 Å². The minimum Gasteiger partial charge on any atom is -0.493 e. The number of ether oxygens (including phenoxy) is 3. The van der Waals surface area contributed by atoms with Crippen molar-refractivity contribution in [1.29, 1.82) is 0 Å². The van der Waals surface area contributed by atoms with Crippen molar-refractivity contribution in [2.75, 3.05) is 21.3 Å². The fourth-order valence-corrected chi connectivity index (χ4v) is 6.90. The molecule has 1 atom stereocenters. The van der Waals surface area contributed by atoms with Crippen LogP contribution in [0.4, 0.5) is 0 Å². The number of aromatic nitrogens is 1. The first-order valence-corrected chi connectivity index (χ1v) is 13.3. The standard InChI is InChI=1S/C28H24N2O4S2/c1-32-20-13-16(14-21(33-2)26(20)34-3)15-23-27(31)30-25(22-9-6-12-35-22)19-11-10-17-7-4-5-8-18(17)24(19)29-28(30)36-23/h4-9,12-15,25H,10-11H2,1-3H3/b23-15-/t25-/m1/s1. The molecule has 1 aliphatic carbocycles. The highest BCUT2D eigenvalue weighted by Crippen LogP contribution is 2.42. The fourth-order valence-electron chi connectivity index (χ4n) is 5.05. The Kier molecular flexibility index (Phi) is 5.78. The normalized spacial score (nSPS) is 16.6. The second-order valence-corrected chi connectivity index (χ2v) is 10.6. The van der Waals surface area contributed by atoms with Gasteiger partial charge in [-0.1, -0.05) is 41.7 Å². The largest absolute Gasteiger partial charge is 0.493 e. The second-order valence-electron chi connectivity index (χ2n) is 8.59. The lowest BCUT2D eigenvalue weighted by molar-refractivity contribution is 0.324. The molecule has 0 radical (unpaired) electrons. The monoisotopic (exact) mass is 516 g/mol. The SMILES string of the molecule is COc1cc(/C=c2\sc3n(c2=O)[C@@H](c2cccs2)C2=C(N=3)c3ccccc3CC2)cc(OC)c1OC. The summed E-state index contributed by atoms with van der Waals surface area (Å²) in [7, 11) is 4.74. The third-order valence-electron chi connectivity index (χ3n) is 6.67. The van der Waals surface area contributed by atoms with Crippen LogP contribution in [-0.4, -0.2) is 25.9 Å². The number of nitrogens with zero attached hydrogens (tertiary/aromatic N) is 2. The number of fused-ring (bicyclic) bond motifs is 3. The molecule has 2 aromatic heterocycles. The van der Waals surface area contributed by atoms with Gasteiger partial charge < -0.3 is 14.2 Å². The van der Waals surface area contributed by atoms with Crippen LogP contribution in [0.5, 0.6) is 17.2 Å². The lowest BCUT2D eigenvalue weighted by atomic mass is 9.85. The summed E-state index contributed by atoms with van der Waals surface area (Å²) in [6.07, 6.45) is 3.70. The number of thiazole rings is 1. The van der Waals surface area contributed by atoms with Crippen LogP contribution in [0.2, 0.25) is 0 Å². The van der Waals surface area contributed by atoms with Crippen molar-refractivity contribution in [1.82, 2.24) is 4.57 Å². The van der Waals surface area contributed by atoms with Crippen molar-refractivity contribution >= 4 is 34.4 Å². The molecule has 6 nitrogen and oxygen atoms in total. The Bertz CT molecular complexity index is 1650. The van der Waals surface area contributed by atoms with E-state index in [1.807, 2.05) is 28.8 Å². The van der Waals surface area contributed by atoms with E-state index in [1.165, 1.54) is 28.0 Å². The molecule has 6 rings (SSSR count). The topological polar surface area (TPSA) is 62.1 Å². The van der Waals surface area contributed by atoms with E-state index in [0.717, 1.165) is 29.0 Å². The quantitative estimate of drug-likeness (QED) is 0.394. The van der Waals surface area contributed by atoms with E-state index >= 15 is 0 Å². The summed E-state index contributed by atoms with van der Waals surface area (Å²) in [5, 5.41) is 2.07. The molecule has 0 spiro atoms. The zero-order valence-corrected chi connectivity index (χ0v) is 21.7. The average Bonchev–Trinajstić information content (AvgIpc) is 3.55. The van der Waals surface area contributed by atoms with Gasteiger partial charge in [-0.25, -0.2) is 4.99 Å². The summed E-state index contributed by atoms with van der Waals surface area (Å²) in [6.45, 7) is 0. The first kappa shape index (κ1) is 22.8. The predicted molar refractivity (Wildman–Crippen MR) is 143 cm³/mol. The average molecular weight is 517 g/mol. The van der Waals surface area contributed by atoms with Gasteiger partial charge in [0.15, 0.2) is 16.3 Å². The van der Waals surface area contributed by atoms with Crippen molar-refractivity contribution < 1.29 is 14.2 Å². The van der Waals surface area contributed by atoms with Crippen molar-refractivity contribution in [2.45, 2.75) is 18.9 Å². The Hall–Kier alpha value is -3.62. The number of hydrogen-bond donors (Lipinski definition) is 0. The summed E-state index contributed by atoms with van der Waals surface area (Å²) < 4.78 is 18.9. The van der Waals surface area contributed by atoms with Gasteiger partial charge in [-0.2, -0.15) is 0 Å². The maximum absolute atomic E-state index is 13.9. The Labute approximate surface area is 216 Å². The molecule has 0 saturated heterocycles. The number of aryl methyl sites for hydroxylation is 1. The van der Waals surface area contributed by atoms with Gasteiger partial charge in [0.05, 0.1) is 37.6 Å². The Balaban J connectivity index is 1.58.